The van der Waals surface area contributed by atoms with E-state index in [1.54, 1.807) is 6.07 Å². The number of rotatable bonds is 4. The van der Waals surface area contributed by atoms with Crippen LogP contribution < -0.4 is 10.1 Å². The van der Waals surface area contributed by atoms with Gasteiger partial charge in [0.1, 0.15) is 17.7 Å². The van der Waals surface area contributed by atoms with Gasteiger partial charge in [-0.1, -0.05) is 33.8 Å². The van der Waals surface area contributed by atoms with E-state index in [4.69, 9.17) is 4.74 Å². The van der Waals surface area contributed by atoms with Crippen molar-refractivity contribution in [1.82, 2.24) is 5.32 Å². The molecular formula is C18H28FNO. The van der Waals surface area contributed by atoms with Crippen molar-refractivity contribution in [1.29, 1.82) is 0 Å². The number of likely N-dealkylation sites (N-methyl/N-ethyl adjacent to an activating group) is 1. The van der Waals surface area contributed by atoms with Gasteiger partial charge in [0.15, 0.2) is 0 Å². The number of hydrogen-bond acceptors (Lipinski definition) is 2. The molecule has 0 saturated heterocycles. The van der Waals surface area contributed by atoms with Crippen LogP contribution in [0.15, 0.2) is 24.3 Å². The Labute approximate surface area is 128 Å². The molecule has 0 spiro atoms. The highest BCUT2D eigenvalue weighted by molar-refractivity contribution is 5.23. The second kappa shape index (κ2) is 6.78. The smallest absolute Gasteiger partial charge is 0.126 e. The Kier molecular flexibility index (Phi) is 5.26. The predicted octanol–water partition coefficient (Wildman–Crippen LogP) is 4.40. The van der Waals surface area contributed by atoms with E-state index in [9.17, 15) is 4.39 Å². The number of benzene rings is 1. The summed E-state index contributed by atoms with van der Waals surface area (Å²) < 4.78 is 19.5. The molecule has 1 saturated carbocycles. The molecule has 2 rings (SSSR count). The predicted molar refractivity (Wildman–Crippen MR) is 85.1 cm³/mol. The molecule has 0 aromatic heterocycles. The molecule has 3 atom stereocenters. The lowest BCUT2D eigenvalue weighted by Gasteiger charge is -2.42. The summed E-state index contributed by atoms with van der Waals surface area (Å²) >= 11 is 0. The van der Waals surface area contributed by atoms with Crippen molar-refractivity contribution in [2.24, 2.45) is 11.3 Å². The maximum atomic E-state index is 13.3. The summed E-state index contributed by atoms with van der Waals surface area (Å²) in [7, 11) is 0. The zero-order chi connectivity index (χ0) is 15.5. The van der Waals surface area contributed by atoms with Gasteiger partial charge in [-0.15, -0.1) is 0 Å². The highest BCUT2D eigenvalue weighted by Gasteiger charge is 2.36. The van der Waals surface area contributed by atoms with Crippen LogP contribution in [0.3, 0.4) is 0 Å². The van der Waals surface area contributed by atoms with E-state index < -0.39 is 0 Å². The molecule has 2 nitrogen and oxygen atoms in total. The van der Waals surface area contributed by atoms with E-state index in [-0.39, 0.29) is 11.9 Å². The molecule has 0 radical (unpaired) electrons. The van der Waals surface area contributed by atoms with Crippen molar-refractivity contribution in [2.45, 2.75) is 59.1 Å². The van der Waals surface area contributed by atoms with Crippen molar-refractivity contribution < 1.29 is 9.13 Å². The average Bonchev–Trinajstić information content (AvgIpc) is 2.40. The Morgan fingerprint density at radius 3 is 2.67 bits per heavy atom. The Balaban J connectivity index is 2.10. The topological polar surface area (TPSA) is 21.3 Å². The van der Waals surface area contributed by atoms with Gasteiger partial charge in [-0.2, -0.15) is 0 Å². The molecule has 3 heteroatoms. The fourth-order valence-electron chi connectivity index (χ4n) is 3.26. The summed E-state index contributed by atoms with van der Waals surface area (Å²) in [5.74, 6) is 1.04. The molecule has 1 N–H and O–H groups in total. The minimum atomic E-state index is -0.240. The van der Waals surface area contributed by atoms with Gasteiger partial charge in [0.25, 0.3) is 0 Å². The fraction of sp³-hybridized carbons (Fsp3) is 0.667. The van der Waals surface area contributed by atoms with Gasteiger partial charge >= 0.3 is 0 Å². The Morgan fingerprint density at radius 2 is 2.05 bits per heavy atom. The summed E-state index contributed by atoms with van der Waals surface area (Å²) in [5.41, 5.74) is 0.292. The van der Waals surface area contributed by atoms with Gasteiger partial charge in [0.2, 0.25) is 0 Å². The number of nitrogens with one attached hydrogen (secondary N) is 1. The highest BCUT2D eigenvalue weighted by atomic mass is 19.1. The van der Waals surface area contributed by atoms with Crippen molar-refractivity contribution in [3.05, 3.63) is 30.1 Å². The number of hydrogen-bond donors (Lipinski definition) is 1. The van der Waals surface area contributed by atoms with Crippen LogP contribution in [0.4, 0.5) is 4.39 Å². The third-order valence-corrected chi connectivity index (χ3v) is 4.57. The third-order valence-electron chi connectivity index (χ3n) is 4.57. The largest absolute Gasteiger partial charge is 0.489 e. The minimum absolute atomic E-state index is 0.115. The lowest BCUT2D eigenvalue weighted by Crippen LogP contribution is -2.48. The quantitative estimate of drug-likeness (QED) is 0.888. The van der Waals surface area contributed by atoms with Gasteiger partial charge < -0.3 is 10.1 Å². The minimum Gasteiger partial charge on any atom is -0.489 e. The van der Waals surface area contributed by atoms with Gasteiger partial charge in [0.05, 0.1) is 0 Å². The average molecular weight is 293 g/mol. The van der Waals surface area contributed by atoms with Crippen LogP contribution in [-0.2, 0) is 0 Å². The van der Waals surface area contributed by atoms with Gasteiger partial charge in [0, 0.05) is 12.1 Å². The van der Waals surface area contributed by atoms with Gasteiger partial charge in [-0.3, -0.25) is 0 Å². The zero-order valence-corrected chi connectivity index (χ0v) is 13.7. The summed E-state index contributed by atoms with van der Waals surface area (Å²) in [5, 5.41) is 3.52. The standard InChI is InChI=1S/C18H28FNO/c1-5-20-16-10-9-13(18(2,3)4)11-17(16)21-15-8-6-7-14(19)12-15/h6-8,12-13,16-17,20H,5,9-11H2,1-4H3. The summed E-state index contributed by atoms with van der Waals surface area (Å²) in [4.78, 5) is 0. The summed E-state index contributed by atoms with van der Waals surface area (Å²) in [6.07, 6.45) is 3.49. The normalized spacial score (nSPS) is 26.6. The molecule has 3 unspecified atom stereocenters. The maximum absolute atomic E-state index is 13.3. The summed E-state index contributed by atoms with van der Waals surface area (Å²) in [6, 6.07) is 6.83. The summed E-state index contributed by atoms with van der Waals surface area (Å²) in [6.45, 7) is 9.95. The molecule has 0 aliphatic heterocycles. The van der Waals surface area contributed by atoms with Crippen molar-refractivity contribution >= 4 is 0 Å². The molecule has 1 aliphatic carbocycles. The first-order valence-electron chi connectivity index (χ1n) is 8.05. The Hall–Kier alpha value is -1.09. The monoisotopic (exact) mass is 293 g/mol. The van der Waals surface area contributed by atoms with Crippen molar-refractivity contribution in [3.8, 4) is 5.75 Å². The van der Waals surface area contributed by atoms with E-state index in [1.807, 2.05) is 6.07 Å². The Bertz CT molecular complexity index is 455. The van der Waals surface area contributed by atoms with Gasteiger partial charge in [-0.05, 0) is 49.3 Å². The second-order valence-electron chi connectivity index (χ2n) is 7.15. The number of halogens is 1. The molecule has 21 heavy (non-hydrogen) atoms. The Morgan fingerprint density at radius 1 is 1.29 bits per heavy atom. The number of ether oxygens (including phenoxy) is 1. The molecule has 1 aromatic rings. The molecule has 1 aromatic carbocycles. The molecular weight excluding hydrogens is 265 g/mol. The van der Waals surface area contributed by atoms with Crippen LogP contribution >= 0.6 is 0 Å². The third kappa shape index (κ3) is 4.44. The maximum Gasteiger partial charge on any atom is 0.126 e. The van der Waals surface area contributed by atoms with E-state index in [1.165, 1.54) is 18.6 Å². The van der Waals surface area contributed by atoms with Crippen LogP contribution in [-0.4, -0.2) is 18.7 Å². The van der Waals surface area contributed by atoms with E-state index in [0.717, 1.165) is 19.4 Å². The van der Waals surface area contributed by atoms with Crippen LogP contribution in [0.5, 0.6) is 5.75 Å². The molecule has 0 heterocycles. The SMILES string of the molecule is CCNC1CCC(C(C)(C)C)CC1Oc1cccc(F)c1. The zero-order valence-electron chi connectivity index (χ0n) is 13.7. The van der Waals surface area contributed by atoms with E-state index >= 15 is 0 Å². The van der Waals surface area contributed by atoms with Crippen LogP contribution in [0, 0.1) is 17.2 Å². The lowest BCUT2D eigenvalue weighted by molar-refractivity contribution is 0.0475. The van der Waals surface area contributed by atoms with Crippen LogP contribution in [0.25, 0.3) is 0 Å². The van der Waals surface area contributed by atoms with Crippen LogP contribution in [0.1, 0.15) is 47.0 Å². The van der Waals surface area contributed by atoms with Crippen molar-refractivity contribution in [3.63, 3.8) is 0 Å². The van der Waals surface area contributed by atoms with Crippen LogP contribution in [0.2, 0.25) is 0 Å². The van der Waals surface area contributed by atoms with Gasteiger partial charge in [-0.25, -0.2) is 4.39 Å². The molecule has 0 amide bonds. The molecule has 1 aliphatic rings. The second-order valence-corrected chi connectivity index (χ2v) is 7.15. The van der Waals surface area contributed by atoms with Crippen molar-refractivity contribution in [2.75, 3.05) is 6.54 Å². The molecule has 1 fully saturated rings. The highest BCUT2D eigenvalue weighted by Crippen LogP contribution is 2.39. The first kappa shape index (κ1) is 16.3. The molecule has 118 valence electrons. The first-order valence-corrected chi connectivity index (χ1v) is 8.05. The van der Waals surface area contributed by atoms with E-state index in [0.29, 0.717) is 23.1 Å². The fourth-order valence-corrected chi connectivity index (χ4v) is 3.26. The lowest BCUT2D eigenvalue weighted by atomic mass is 9.70. The first-order chi connectivity index (χ1) is 9.90. The molecule has 0 bridgehead atoms. The van der Waals surface area contributed by atoms with E-state index in [2.05, 4.69) is 33.0 Å².